The van der Waals surface area contributed by atoms with Crippen molar-refractivity contribution >= 4 is 11.7 Å². The van der Waals surface area contributed by atoms with Crippen molar-refractivity contribution in [2.75, 3.05) is 24.5 Å². The van der Waals surface area contributed by atoms with Crippen molar-refractivity contribution in [1.29, 1.82) is 0 Å². The van der Waals surface area contributed by atoms with Crippen molar-refractivity contribution < 1.29 is 9.90 Å². The summed E-state index contributed by atoms with van der Waals surface area (Å²) in [6, 6.07) is 8.04. The third kappa shape index (κ3) is 5.36. The minimum atomic E-state index is -0.898. The number of urea groups is 1. The maximum atomic E-state index is 12.2. The summed E-state index contributed by atoms with van der Waals surface area (Å²) >= 11 is 0. The lowest BCUT2D eigenvalue weighted by Crippen LogP contribution is -2.48. The van der Waals surface area contributed by atoms with E-state index in [2.05, 4.69) is 27.7 Å². The molecule has 1 aromatic rings. The minimum absolute atomic E-state index is 0.0869. The van der Waals surface area contributed by atoms with Gasteiger partial charge in [0, 0.05) is 25.3 Å². The predicted molar refractivity (Wildman–Crippen MR) is 103 cm³/mol. The molecular weight excluding hydrogens is 314 g/mol. The monoisotopic (exact) mass is 347 g/mol. The van der Waals surface area contributed by atoms with Gasteiger partial charge in [-0.25, -0.2) is 4.79 Å². The van der Waals surface area contributed by atoms with Crippen molar-refractivity contribution in [1.82, 2.24) is 10.6 Å². The smallest absolute Gasteiger partial charge is 0.315 e. The highest BCUT2D eigenvalue weighted by atomic mass is 16.3. The molecule has 1 aliphatic heterocycles. The Morgan fingerprint density at radius 2 is 2.00 bits per heavy atom. The second kappa shape index (κ2) is 8.56. The number of anilines is 1. The number of nitrogens with one attached hydrogen (secondary N) is 2. The third-order valence-corrected chi connectivity index (χ3v) is 5.47. The summed E-state index contributed by atoms with van der Waals surface area (Å²) in [7, 11) is 0. The molecule has 0 spiro atoms. The van der Waals surface area contributed by atoms with Crippen LogP contribution in [0.2, 0.25) is 0 Å². The highest BCUT2D eigenvalue weighted by Crippen LogP contribution is 2.24. The van der Waals surface area contributed by atoms with Crippen LogP contribution in [0.25, 0.3) is 0 Å². The van der Waals surface area contributed by atoms with Crippen LogP contribution in [0.15, 0.2) is 24.3 Å². The zero-order valence-electron chi connectivity index (χ0n) is 16.0. The van der Waals surface area contributed by atoms with Gasteiger partial charge < -0.3 is 20.6 Å². The molecule has 1 saturated heterocycles. The molecule has 3 unspecified atom stereocenters. The topological polar surface area (TPSA) is 64.6 Å². The normalized spacial score (nSPS) is 19.2. The fraction of sp³-hybridized carbons (Fsp3) is 0.650. The van der Waals surface area contributed by atoms with Crippen LogP contribution < -0.4 is 15.5 Å². The van der Waals surface area contributed by atoms with Gasteiger partial charge in [0.15, 0.2) is 0 Å². The summed E-state index contributed by atoms with van der Waals surface area (Å²) in [6.45, 7) is 10.2. The molecule has 3 N–H and O–H groups in total. The Kier molecular flexibility index (Phi) is 6.71. The lowest BCUT2D eigenvalue weighted by molar-refractivity contribution is 0.00785. The van der Waals surface area contributed by atoms with E-state index in [9.17, 15) is 9.90 Å². The van der Waals surface area contributed by atoms with Crippen LogP contribution in [-0.4, -0.2) is 36.4 Å². The molecule has 0 aliphatic carbocycles. The van der Waals surface area contributed by atoms with E-state index in [1.165, 1.54) is 18.5 Å². The van der Waals surface area contributed by atoms with Gasteiger partial charge >= 0.3 is 6.03 Å². The molecule has 1 heterocycles. The first-order valence-electron chi connectivity index (χ1n) is 9.45. The Morgan fingerprint density at radius 3 is 2.64 bits per heavy atom. The number of benzene rings is 1. The van der Waals surface area contributed by atoms with E-state index >= 15 is 0 Å². The van der Waals surface area contributed by atoms with Crippen molar-refractivity contribution in [3.05, 3.63) is 29.8 Å². The number of nitrogens with zero attached hydrogens (tertiary/aromatic N) is 1. The van der Waals surface area contributed by atoms with E-state index in [-0.39, 0.29) is 24.5 Å². The molecule has 1 aromatic carbocycles. The number of carbonyl (C=O) groups is 1. The molecule has 0 saturated carbocycles. The van der Waals surface area contributed by atoms with E-state index in [0.717, 1.165) is 25.1 Å². The largest absolute Gasteiger partial charge is 0.388 e. The number of aliphatic hydroxyl groups is 1. The molecule has 5 nitrogen and oxygen atoms in total. The maximum Gasteiger partial charge on any atom is 0.315 e. The van der Waals surface area contributed by atoms with Crippen LogP contribution in [0, 0.1) is 5.92 Å². The molecule has 140 valence electrons. The molecule has 25 heavy (non-hydrogen) atoms. The number of hydrogen-bond donors (Lipinski definition) is 3. The molecule has 2 amide bonds. The van der Waals surface area contributed by atoms with Crippen molar-refractivity contribution in [2.24, 2.45) is 5.92 Å². The fourth-order valence-corrected chi connectivity index (χ4v) is 3.17. The van der Waals surface area contributed by atoms with Gasteiger partial charge in [-0.2, -0.15) is 0 Å². The van der Waals surface area contributed by atoms with Crippen LogP contribution in [0.1, 0.15) is 58.6 Å². The molecular formula is C20H33N3O2. The third-order valence-electron chi connectivity index (χ3n) is 5.47. The van der Waals surface area contributed by atoms with Crippen molar-refractivity contribution in [3.8, 4) is 0 Å². The first-order chi connectivity index (χ1) is 11.8. The Morgan fingerprint density at radius 1 is 1.32 bits per heavy atom. The minimum Gasteiger partial charge on any atom is -0.388 e. The number of carbonyl (C=O) groups excluding carboxylic acids is 1. The SMILES string of the molecule is CCC(C)C(C)(O)CNC(=O)NC(C)c1cccc(N2CCCC2)c1. The molecule has 0 bridgehead atoms. The van der Waals surface area contributed by atoms with Gasteiger partial charge in [-0.05, 0) is 50.3 Å². The van der Waals surface area contributed by atoms with Crippen molar-refractivity contribution in [2.45, 2.75) is 58.6 Å². The fourth-order valence-electron chi connectivity index (χ4n) is 3.17. The summed E-state index contributed by atoms with van der Waals surface area (Å²) in [6.07, 6.45) is 3.36. The summed E-state index contributed by atoms with van der Waals surface area (Å²) < 4.78 is 0. The zero-order valence-corrected chi connectivity index (χ0v) is 16.0. The molecule has 1 aliphatic rings. The number of amides is 2. The highest BCUT2D eigenvalue weighted by Gasteiger charge is 2.27. The second-order valence-electron chi connectivity index (χ2n) is 7.50. The second-order valence-corrected chi connectivity index (χ2v) is 7.50. The van der Waals surface area contributed by atoms with Gasteiger partial charge in [0.05, 0.1) is 11.6 Å². The van der Waals surface area contributed by atoms with E-state index in [0.29, 0.717) is 0 Å². The van der Waals surface area contributed by atoms with Gasteiger partial charge in [0.1, 0.15) is 0 Å². The average molecular weight is 348 g/mol. The summed E-state index contributed by atoms with van der Waals surface area (Å²) in [5.41, 5.74) is 1.42. The Bertz CT molecular complexity index is 568. The van der Waals surface area contributed by atoms with E-state index in [4.69, 9.17) is 0 Å². The zero-order chi connectivity index (χ0) is 18.4. The van der Waals surface area contributed by atoms with Crippen LogP contribution in [0.3, 0.4) is 0 Å². The predicted octanol–water partition coefficient (Wildman–Crippen LogP) is 3.44. The Balaban J connectivity index is 1.89. The molecule has 5 heteroatoms. The van der Waals surface area contributed by atoms with E-state index < -0.39 is 5.60 Å². The van der Waals surface area contributed by atoms with Gasteiger partial charge in [-0.3, -0.25) is 0 Å². The van der Waals surface area contributed by atoms with Crippen LogP contribution in [-0.2, 0) is 0 Å². The lowest BCUT2D eigenvalue weighted by Gasteiger charge is -2.30. The molecule has 1 fully saturated rings. The summed E-state index contributed by atoms with van der Waals surface area (Å²) in [5, 5.41) is 16.2. The first-order valence-corrected chi connectivity index (χ1v) is 9.45. The summed E-state index contributed by atoms with van der Waals surface area (Å²) in [4.78, 5) is 14.6. The molecule has 3 atom stereocenters. The van der Waals surface area contributed by atoms with E-state index in [1.54, 1.807) is 6.92 Å². The van der Waals surface area contributed by atoms with Gasteiger partial charge in [-0.15, -0.1) is 0 Å². The summed E-state index contributed by atoms with van der Waals surface area (Å²) in [5.74, 6) is 0.127. The van der Waals surface area contributed by atoms with Crippen LogP contribution in [0.5, 0.6) is 0 Å². The maximum absolute atomic E-state index is 12.2. The molecule has 2 rings (SSSR count). The molecule has 0 radical (unpaired) electrons. The van der Waals surface area contributed by atoms with Gasteiger partial charge in [0.25, 0.3) is 0 Å². The van der Waals surface area contributed by atoms with Crippen LogP contribution >= 0.6 is 0 Å². The average Bonchev–Trinajstić information content (AvgIpc) is 3.14. The Hall–Kier alpha value is -1.75. The standard InChI is InChI=1S/C20H33N3O2/c1-5-15(2)20(4,25)14-21-19(24)22-16(3)17-9-8-10-18(13-17)23-11-6-7-12-23/h8-10,13,15-16,25H,5-7,11-12,14H2,1-4H3,(H2,21,22,24). The van der Waals surface area contributed by atoms with Crippen molar-refractivity contribution in [3.63, 3.8) is 0 Å². The van der Waals surface area contributed by atoms with Gasteiger partial charge in [-0.1, -0.05) is 32.4 Å². The lowest BCUT2D eigenvalue weighted by atomic mass is 9.89. The van der Waals surface area contributed by atoms with E-state index in [1.807, 2.05) is 32.9 Å². The van der Waals surface area contributed by atoms with Crippen LogP contribution in [0.4, 0.5) is 10.5 Å². The highest BCUT2D eigenvalue weighted by molar-refractivity contribution is 5.74. The quantitative estimate of drug-likeness (QED) is 0.708. The van der Waals surface area contributed by atoms with Gasteiger partial charge in [0.2, 0.25) is 0 Å². The number of hydrogen-bond acceptors (Lipinski definition) is 3. The first kappa shape index (κ1) is 19.6. The number of rotatable bonds is 7. The Labute approximate surface area is 151 Å². The molecule has 0 aromatic heterocycles.